The van der Waals surface area contributed by atoms with Crippen LogP contribution < -0.4 is 5.32 Å². The van der Waals surface area contributed by atoms with Gasteiger partial charge in [-0.05, 0) is 12.8 Å². The topological polar surface area (TPSA) is 42.0 Å². The van der Waals surface area contributed by atoms with E-state index < -0.39 is 12.6 Å². The normalized spacial score (nSPS) is 11.6. The third kappa shape index (κ3) is 7.37. The van der Waals surface area contributed by atoms with E-state index in [-0.39, 0.29) is 25.3 Å². The van der Waals surface area contributed by atoms with E-state index >= 15 is 0 Å². The van der Waals surface area contributed by atoms with Crippen molar-refractivity contribution in [3.8, 4) is 0 Å². The van der Waals surface area contributed by atoms with Crippen molar-refractivity contribution in [2.45, 2.75) is 37.7 Å². The summed E-state index contributed by atoms with van der Waals surface area (Å²) in [6, 6.07) is 0. The van der Waals surface area contributed by atoms with Crippen LogP contribution in [0, 0.1) is 0 Å². The number of hydrogen-bond donors (Lipinski definition) is 1. The van der Waals surface area contributed by atoms with Crippen LogP contribution >= 0.6 is 22.9 Å². The van der Waals surface area contributed by atoms with Crippen molar-refractivity contribution in [2.24, 2.45) is 0 Å². The maximum atomic E-state index is 11.9. The number of halogens is 4. The summed E-state index contributed by atoms with van der Waals surface area (Å²) < 4.78 is 35.6. The summed E-state index contributed by atoms with van der Waals surface area (Å²) in [6.07, 6.45) is -4.45. The van der Waals surface area contributed by atoms with E-state index in [0.717, 1.165) is 5.69 Å². The maximum absolute atomic E-state index is 11.9. The molecule has 1 aromatic rings. The lowest BCUT2D eigenvalue weighted by Crippen LogP contribution is -2.26. The van der Waals surface area contributed by atoms with Crippen molar-refractivity contribution in [2.75, 3.05) is 6.54 Å². The standard InChI is InChI=1S/C11H14ClF3N2OS/c12-6-8-7-19-10(17-8)5-9(18)16-4-2-1-3-11(13,14)15/h7H,1-6H2,(H,16,18). The number of carbonyl (C=O) groups is 1. The van der Waals surface area contributed by atoms with Crippen LogP contribution in [-0.4, -0.2) is 23.6 Å². The minimum Gasteiger partial charge on any atom is -0.356 e. The van der Waals surface area contributed by atoms with E-state index in [1.165, 1.54) is 11.3 Å². The van der Waals surface area contributed by atoms with Gasteiger partial charge in [0.1, 0.15) is 5.01 Å². The quantitative estimate of drug-likeness (QED) is 0.620. The van der Waals surface area contributed by atoms with Crippen molar-refractivity contribution in [1.82, 2.24) is 10.3 Å². The van der Waals surface area contributed by atoms with Crippen molar-refractivity contribution >= 4 is 28.8 Å². The Kier molecular flexibility index (Phi) is 6.57. The fraction of sp³-hybridized carbons (Fsp3) is 0.636. The fourth-order valence-electron chi connectivity index (χ4n) is 1.37. The summed E-state index contributed by atoms with van der Waals surface area (Å²) in [5, 5.41) is 5.00. The predicted octanol–water partition coefficient (Wildman–Crippen LogP) is 3.27. The van der Waals surface area contributed by atoms with Gasteiger partial charge in [-0.2, -0.15) is 13.2 Å². The molecule has 1 amide bonds. The summed E-state index contributed by atoms with van der Waals surface area (Å²) >= 11 is 6.93. The second-order valence-electron chi connectivity index (χ2n) is 3.97. The molecule has 0 bridgehead atoms. The molecule has 0 saturated carbocycles. The van der Waals surface area contributed by atoms with Crippen LogP contribution in [0.1, 0.15) is 30.0 Å². The first-order chi connectivity index (χ1) is 8.90. The van der Waals surface area contributed by atoms with Gasteiger partial charge < -0.3 is 5.32 Å². The van der Waals surface area contributed by atoms with Gasteiger partial charge in [-0.3, -0.25) is 4.79 Å². The number of nitrogens with one attached hydrogen (secondary N) is 1. The first-order valence-electron chi connectivity index (χ1n) is 5.73. The molecule has 0 atom stereocenters. The van der Waals surface area contributed by atoms with Crippen LogP contribution in [-0.2, 0) is 17.1 Å². The van der Waals surface area contributed by atoms with Crippen LogP contribution in [0.4, 0.5) is 13.2 Å². The first kappa shape index (κ1) is 16.2. The molecular formula is C11H14ClF3N2OS. The van der Waals surface area contributed by atoms with Crippen LogP contribution in [0.15, 0.2) is 5.38 Å². The number of hydrogen-bond acceptors (Lipinski definition) is 3. The Hall–Kier alpha value is -0.820. The highest BCUT2D eigenvalue weighted by Crippen LogP contribution is 2.21. The number of unbranched alkanes of at least 4 members (excludes halogenated alkanes) is 1. The van der Waals surface area contributed by atoms with Crippen LogP contribution in [0.3, 0.4) is 0 Å². The molecule has 0 aliphatic heterocycles. The largest absolute Gasteiger partial charge is 0.389 e. The van der Waals surface area contributed by atoms with E-state index in [4.69, 9.17) is 11.6 Å². The average Bonchev–Trinajstić information content (AvgIpc) is 2.74. The van der Waals surface area contributed by atoms with Gasteiger partial charge in [0.2, 0.25) is 5.91 Å². The van der Waals surface area contributed by atoms with Gasteiger partial charge in [0.15, 0.2) is 0 Å². The summed E-state index contributed by atoms with van der Waals surface area (Å²) in [4.78, 5) is 15.6. The summed E-state index contributed by atoms with van der Waals surface area (Å²) in [7, 11) is 0. The van der Waals surface area contributed by atoms with Gasteiger partial charge in [0, 0.05) is 18.3 Å². The Morgan fingerprint density at radius 3 is 2.74 bits per heavy atom. The fourth-order valence-corrected chi connectivity index (χ4v) is 2.39. The summed E-state index contributed by atoms with van der Waals surface area (Å²) in [5.74, 6) is 0.0673. The number of aromatic nitrogens is 1. The molecule has 0 radical (unpaired) electrons. The Balaban J connectivity index is 2.14. The SMILES string of the molecule is O=C(Cc1nc(CCl)cs1)NCCCCC(F)(F)F. The number of alkyl halides is 4. The highest BCUT2D eigenvalue weighted by molar-refractivity contribution is 7.09. The maximum Gasteiger partial charge on any atom is 0.389 e. The van der Waals surface area contributed by atoms with Crippen molar-refractivity contribution in [3.63, 3.8) is 0 Å². The van der Waals surface area contributed by atoms with Gasteiger partial charge in [-0.1, -0.05) is 0 Å². The molecule has 1 aromatic heterocycles. The molecule has 0 saturated heterocycles. The smallest absolute Gasteiger partial charge is 0.356 e. The Labute approximate surface area is 118 Å². The van der Waals surface area contributed by atoms with Crippen LogP contribution in [0.2, 0.25) is 0 Å². The third-order valence-corrected chi connectivity index (χ3v) is 3.43. The minimum absolute atomic E-state index is 0.0252. The number of carbonyl (C=O) groups excluding carboxylic acids is 1. The Bertz CT molecular complexity index is 409. The van der Waals surface area contributed by atoms with E-state index in [9.17, 15) is 18.0 Å². The lowest BCUT2D eigenvalue weighted by Gasteiger charge is -2.06. The molecule has 0 spiro atoms. The van der Waals surface area contributed by atoms with Gasteiger partial charge >= 0.3 is 6.18 Å². The molecule has 0 aromatic carbocycles. The molecule has 108 valence electrons. The highest BCUT2D eigenvalue weighted by atomic mass is 35.5. The molecule has 1 rings (SSSR count). The number of amides is 1. The molecule has 1 N–H and O–H groups in total. The zero-order chi connectivity index (χ0) is 14.3. The van der Waals surface area contributed by atoms with E-state index in [2.05, 4.69) is 10.3 Å². The Morgan fingerprint density at radius 2 is 2.16 bits per heavy atom. The van der Waals surface area contributed by atoms with Gasteiger partial charge in [-0.25, -0.2) is 4.98 Å². The second kappa shape index (κ2) is 7.69. The van der Waals surface area contributed by atoms with Gasteiger partial charge in [0.25, 0.3) is 0 Å². The van der Waals surface area contributed by atoms with Crippen molar-refractivity contribution in [3.05, 3.63) is 16.1 Å². The van der Waals surface area contributed by atoms with Crippen LogP contribution in [0.5, 0.6) is 0 Å². The molecule has 0 unspecified atom stereocenters. The summed E-state index contributed by atoms with van der Waals surface area (Å²) in [6.45, 7) is 0.253. The highest BCUT2D eigenvalue weighted by Gasteiger charge is 2.25. The minimum atomic E-state index is -4.12. The zero-order valence-corrected chi connectivity index (χ0v) is 11.7. The second-order valence-corrected chi connectivity index (χ2v) is 5.18. The molecule has 0 fully saturated rings. The van der Waals surface area contributed by atoms with E-state index in [0.29, 0.717) is 17.3 Å². The van der Waals surface area contributed by atoms with E-state index in [1.54, 1.807) is 5.38 Å². The molecule has 0 aliphatic carbocycles. The molecule has 0 aliphatic rings. The molecule has 19 heavy (non-hydrogen) atoms. The lowest BCUT2D eigenvalue weighted by molar-refractivity contribution is -0.135. The number of nitrogens with zero attached hydrogens (tertiary/aromatic N) is 1. The van der Waals surface area contributed by atoms with Gasteiger partial charge in [-0.15, -0.1) is 22.9 Å². The average molecular weight is 315 g/mol. The van der Waals surface area contributed by atoms with Crippen molar-refractivity contribution < 1.29 is 18.0 Å². The molecule has 8 heteroatoms. The first-order valence-corrected chi connectivity index (χ1v) is 7.15. The monoisotopic (exact) mass is 314 g/mol. The molecule has 3 nitrogen and oxygen atoms in total. The number of thiazole rings is 1. The van der Waals surface area contributed by atoms with Gasteiger partial charge in [0.05, 0.1) is 18.0 Å². The van der Waals surface area contributed by atoms with Crippen molar-refractivity contribution in [1.29, 1.82) is 0 Å². The molecule has 1 heterocycles. The number of rotatable bonds is 7. The zero-order valence-electron chi connectivity index (χ0n) is 10.1. The van der Waals surface area contributed by atoms with E-state index in [1.807, 2.05) is 0 Å². The third-order valence-electron chi connectivity index (χ3n) is 2.26. The Morgan fingerprint density at radius 1 is 1.42 bits per heavy atom. The summed E-state index contributed by atoms with van der Waals surface area (Å²) in [5.41, 5.74) is 0.722. The predicted molar refractivity (Wildman–Crippen MR) is 68.3 cm³/mol. The van der Waals surface area contributed by atoms with Crippen LogP contribution in [0.25, 0.3) is 0 Å². The lowest BCUT2D eigenvalue weighted by atomic mass is 10.2. The molecular weight excluding hydrogens is 301 g/mol.